The molecule has 8 N–H and O–H groups in total. The molecule has 0 aliphatic carbocycles. The summed E-state index contributed by atoms with van der Waals surface area (Å²) in [7, 11) is -4.46. The quantitative estimate of drug-likeness (QED) is 0.0587. The molecule has 66 heavy (non-hydrogen) atoms. The second-order valence-electron chi connectivity index (χ2n) is 18.2. The first-order valence-corrected chi connectivity index (χ1v) is 25.0. The van der Waals surface area contributed by atoms with E-state index in [9.17, 15) is 48.1 Å². The summed E-state index contributed by atoms with van der Waals surface area (Å²) < 4.78 is 20.1. The van der Waals surface area contributed by atoms with E-state index in [1.807, 2.05) is 44.2 Å². The van der Waals surface area contributed by atoms with E-state index in [1.165, 1.54) is 16.7 Å². The van der Waals surface area contributed by atoms with E-state index in [2.05, 4.69) is 21.3 Å². The van der Waals surface area contributed by atoms with Gasteiger partial charge in [-0.15, -0.1) is 0 Å². The molecule has 2 aliphatic rings. The number of carboxylic acids is 1. The van der Waals surface area contributed by atoms with Crippen molar-refractivity contribution in [1.29, 1.82) is 0 Å². The molecule has 8 atom stereocenters. The average Bonchev–Trinajstić information content (AvgIpc) is 3.98. The largest absolute Gasteiger partial charge is 0.480 e. The minimum Gasteiger partial charge on any atom is -0.480 e. The summed E-state index contributed by atoms with van der Waals surface area (Å²) in [5, 5.41) is 20.5. The minimum absolute atomic E-state index is 0.0202. The van der Waals surface area contributed by atoms with Crippen molar-refractivity contribution in [3.8, 4) is 0 Å². The summed E-state index contributed by atoms with van der Waals surface area (Å²) in [5.74, 6) is -7.25. The van der Waals surface area contributed by atoms with Crippen molar-refractivity contribution < 1.29 is 52.9 Å². The number of carboxylic acid groups (broad SMARTS) is 1. The lowest BCUT2D eigenvalue weighted by Crippen LogP contribution is -2.56. The zero-order valence-electron chi connectivity index (χ0n) is 38.9. The lowest BCUT2D eigenvalue weighted by molar-refractivity contribution is -0.144. The van der Waals surface area contributed by atoms with Crippen LogP contribution in [0.2, 0.25) is 0 Å². The summed E-state index contributed by atoms with van der Waals surface area (Å²) >= 11 is 0. The first-order chi connectivity index (χ1) is 31.3. The van der Waals surface area contributed by atoms with E-state index >= 15 is 0 Å². The maximum Gasteiger partial charge on any atom is 0.410 e. The molecule has 0 saturated carbocycles. The maximum absolute atomic E-state index is 14.5. The van der Waals surface area contributed by atoms with Gasteiger partial charge in [-0.05, 0) is 80.9 Å². The number of carbonyl (C=O) groups is 7. The fourth-order valence-corrected chi connectivity index (χ4v) is 10.4. The predicted molar refractivity (Wildman–Crippen MR) is 248 cm³/mol. The third-order valence-electron chi connectivity index (χ3n) is 12.0. The molecule has 19 heteroatoms. The fraction of sp³-hybridized carbons (Fsp3) is 0.596. The Labute approximate surface area is 388 Å². The number of hydrogen-bond donors (Lipinski definition) is 7. The van der Waals surface area contributed by atoms with Crippen LogP contribution in [0.4, 0.5) is 4.79 Å². The summed E-state index contributed by atoms with van der Waals surface area (Å²) in [6.45, 7) is 9.33. The summed E-state index contributed by atoms with van der Waals surface area (Å²) in [4.78, 5) is 109. The van der Waals surface area contributed by atoms with Crippen molar-refractivity contribution >= 4 is 49.0 Å². The Balaban J connectivity index is 1.49. The molecule has 3 unspecified atom stereocenters. The van der Waals surface area contributed by atoms with Gasteiger partial charge in [-0.25, -0.2) is 9.59 Å². The summed E-state index contributed by atoms with van der Waals surface area (Å²) in [6.07, 6.45) is 1.67. The molecule has 2 fully saturated rings. The summed E-state index contributed by atoms with van der Waals surface area (Å²) in [5.41, 5.74) is 7.18. The van der Waals surface area contributed by atoms with Gasteiger partial charge in [0, 0.05) is 31.6 Å². The molecular formula is C47H70N7O11P. The van der Waals surface area contributed by atoms with Gasteiger partial charge >= 0.3 is 12.1 Å². The van der Waals surface area contributed by atoms with E-state index in [1.54, 1.807) is 44.2 Å². The van der Waals surface area contributed by atoms with Crippen LogP contribution in [-0.4, -0.2) is 123 Å². The van der Waals surface area contributed by atoms with Crippen LogP contribution < -0.4 is 27.0 Å². The van der Waals surface area contributed by atoms with Gasteiger partial charge in [-0.3, -0.25) is 33.4 Å². The molecule has 2 saturated heterocycles. The van der Waals surface area contributed by atoms with Gasteiger partial charge in [0.05, 0.1) is 0 Å². The predicted octanol–water partition coefficient (Wildman–Crippen LogP) is 3.74. The van der Waals surface area contributed by atoms with Crippen molar-refractivity contribution in [3.63, 3.8) is 0 Å². The number of hydrogen-bond acceptors (Lipinski definition) is 10. The van der Waals surface area contributed by atoms with Gasteiger partial charge in [0.2, 0.25) is 36.9 Å². The molecule has 0 radical (unpaired) electrons. The number of amides is 6. The highest BCUT2D eigenvalue weighted by Gasteiger charge is 2.43. The fourth-order valence-electron chi connectivity index (χ4n) is 8.41. The number of unbranched alkanes of at least 4 members (excludes halogenated alkanes) is 1. The molecular weight excluding hydrogens is 870 g/mol. The lowest BCUT2D eigenvalue weighted by Gasteiger charge is -2.32. The van der Waals surface area contributed by atoms with E-state index in [4.69, 9.17) is 10.5 Å². The van der Waals surface area contributed by atoms with Crippen LogP contribution in [0.5, 0.6) is 0 Å². The molecule has 0 bridgehead atoms. The van der Waals surface area contributed by atoms with Crippen molar-refractivity contribution in [1.82, 2.24) is 31.1 Å². The van der Waals surface area contributed by atoms with E-state index in [-0.39, 0.29) is 51.3 Å². The van der Waals surface area contributed by atoms with Crippen molar-refractivity contribution in [3.05, 3.63) is 71.8 Å². The number of benzene rings is 2. The Hall–Kier alpha value is -5.32. The number of nitrogens with zero attached hydrogens (tertiary/aromatic N) is 2. The van der Waals surface area contributed by atoms with Crippen molar-refractivity contribution in [2.75, 3.05) is 25.8 Å². The van der Waals surface area contributed by atoms with Gasteiger partial charge in [-0.2, -0.15) is 0 Å². The third-order valence-corrected chi connectivity index (χ3v) is 14.4. The second-order valence-corrected chi connectivity index (χ2v) is 20.7. The molecule has 6 amide bonds. The Kier molecular flexibility index (Phi) is 20.6. The molecule has 2 heterocycles. The van der Waals surface area contributed by atoms with Crippen LogP contribution >= 0.6 is 7.37 Å². The van der Waals surface area contributed by atoms with Gasteiger partial charge in [0.1, 0.15) is 42.6 Å². The minimum atomic E-state index is -4.46. The first kappa shape index (κ1) is 53.3. The van der Waals surface area contributed by atoms with Gasteiger partial charge in [0.15, 0.2) is 0 Å². The zero-order chi connectivity index (χ0) is 48.6. The van der Waals surface area contributed by atoms with Gasteiger partial charge < -0.3 is 46.6 Å². The number of nitrogens with one attached hydrogen (secondary N) is 4. The van der Waals surface area contributed by atoms with Crippen LogP contribution in [0.15, 0.2) is 60.7 Å². The molecule has 18 nitrogen and oxygen atoms in total. The highest BCUT2D eigenvalue weighted by molar-refractivity contribution is 7.58. The van der Waals surface area contributed by atoms with Crippen LogP contribution in [0.25, 0.3) is 0 Å². The molecule has 2 aromatic carbocycles. The second kappa shape index (κ2) is 25.6. The number of aliphatic carboxylic acids is 1. The van der Waals surface area contributed by atoms with Crippen LogP contribution in [0.3, 0.4) is 0 Å². The monoisotopic (exact) mass is 939 g/mol. The highest BCUT2D eigenvalue weighted by atomic mass is 31.2. The Morgan fingerprint density at radius 1 is 0.758 bits per heavy atom. The standard InChI is InChI=1S/C47H70N7O11P/c1-30(2)26-36(42(56)52-40(31(3)4)46(60)61)50-43(57)37-21-14-24-53(37)45(59)32(5)29-66(63,64)39(27-33-16-8-6-9-17-33)51-41(55)35(20-12-13-23-48)49-44(58)38-22-15-25-54(38)47(62)65-28-34-18-10-7-11-19-34/h6-11,16-19,30-32,35-40H,12-15,20-29,48H2,1-5H3,(H,49,58)(H,50,57)(H,51,55)(H,52,56)(H,60,61)(H,63,64)/t32?,35-,36-,37-,38-,39?,40-/m0/s1. The van der Waals surface area contributed by atoms with Crippen LogP contribution in [0, 0.1) is 17.8 Å². The number of carbonyl (C=O) groups excluding carboxylic acids is 6. The van der Waals surface area contributed by atoms with Gasteiger partial charge in [0.25, 0.3) is 0 Å². The molecule has 2 aromatic rings. The Bertz CT molecular complexity index is 2010. The van der Waals surface area contributed by atoms with Crippen molar-refractivity contribution in [2.45, 2.75) is 135 Å². The third kappa shape index (κ3) is 15.7. The normalized spacial score (nSPS) is 19.2. The first-order valence-electron chi connectivity index (χ1n) is 23.1. The van der Waals surface area contributed by atoms with Crippen molar-refractivity contribution in [2.24, 2.45) is 23.5 Å². The Morgan fingerprint density at radius 3 is 1.86 bits per heavy atom. The van der Waals surface area contributed by atoms with Crippen LogP contribution in [0.1, 0.15) is 97.1 Å². The average molecular weight is 940 g/mol. The number of likely N-dealkylation sites (tertiary alicyclic amines) is 2. The maximum atomic E-state index is 14.5. The number of nitrogens with two attached hydrogens (primary N) is 1. The molecule has 0 spiro atoms. The van der Waals surface area contributed by atoms with Crippen LogP contribution in [-0.2, 0) is 51.1 Å². The highest BCUT2D eigenvalue weighted by Crippen LogP contribution is 2.48. The number of ether oxygens (including phenoxy) is 1. The molecule has 0 aromatic heterocycles. The lowest BCUT2D eigenvalue weighted by atomic mass is 10.00. The van der Waals surface area contributed by atoms with E-state index in [0.717, 1.165) is 5.56 Å². The Morgan fingerprint density at radius 2 is 1.30 bits per heavy atom. The zero-order valence-corrected chi connectivity index (χ0v) is 39.8. The number of rotatable bonds is 24. The van der Waals surface area contributed by atoms with E-state index < -0.39 is 103 Å². The van der Waals surface area contributed by atoms with Gasteiger partial charge in [-0.1, -0.05) is 95.3 Å². The molecule has 2 aliphatic heterocycles. The molecule has 4 rings (SSSR count). The molecule has 364 valence electrons. The SMILES string of the molecule is CC(C)C[C@H](NC(=O)[C@@H]1CCCN1C(=O)C(C)CP(=O)(O)C(Cc1ccccc1)NC(=O)[C@H](CCCCN)NC(=O)[C@@H]1CCCN1C(=O)OCc1ccccc1)C(=O)N[C@H](C(=O)O)C(C)C. The topological polar surface area (TPSA) is 267 Å². The summed E-state index contributed by atoms with van der Waals surface area (Å²) in [6, 6.07) is 12.6. The smallest absolute Gasteiger partial charge is 0.410 e. The van der Waals surface area contributed by atoms with E-state index in [0.29, 0.717) is 44.2 Å².